The van der Waals surface area contributed by atoms with Crippen molar-refractivity contribution < 1.29 is 14.3 Å². The van der Waals surface area contributed by atoms with Gasteiger partial charge in [-0.25, -0.2) is 9.97 Å². The Morgan fingerprint density at radius 1 is 1.38 bits per heavy atom. The van der Waals surface area contributed by atoms with Crippen molar-refractivity contribution in [1.29, 1.82) is 5.26 Å². The second kappa shape index (κ2) is 11.7. The van der Waals surface area contributed by atoms with Gasteiger partial charge in [-0.1, -0.05) is 26.0 Å². The van der Waals surface area contributed by atoms with Crippen molar-refractivity contribution in [2.45, 2.75) is 32.9 Å². The van der Waals surface area contributed by atoms with E-state index in [2.05, 4.69) is 35.2 Å². The smallest absolute Gasteiger partial charge is 0.231 e. The first kappa shape index (κ1) is 25.3. The lowest BCUT2D eigenvalue weighted by Crippen LogP contribution is -2.48. The van der Waals surface area contributed by atoms with Crippen LogP contribution in [0.5, 0.6) is 0 Å². The number of aromatic nitrogens is 2. The fourth-order valence-corrected chi connectivity index (χ4v) is 4.15. The third-order valence-corrected chi connectivity index (χ3v) is 5.83. The molecular formula is C24H32FN7O2. The standard InChI is InChI=1S/C24H32FN7O2/c1-16(2)11-32(12-18-5-3-17(9-26)4-6-18)24-22(25)23(29-15-30-24)28-10-19-7-8-31(13-20(19)33)14-21(27)34/h3-6,15-16,19-20,33H,7-8,10-14H2,1-2H3,(H2,27,34)(H,28,29,30). The minimum Gasteiger partial charge on any atom is -0.391 e. The van der Waals surface area contributed by atoms with E-state index in [4.69, 9.17) is 11.0 Å². The number of nitriles is 1. The van der Waals surface area contributed by atoms with Gasteiger partial charge in [0, 0.05) is 32.1 Å². The second-order valence-electron chi connectivity index (χ2n) is 9.14. The van der Waals surface area contributed by atoms with E-state index in [1.807, 2.05) is 21.9 Å². The molecule has 1 saturated heterocycles. The number of anilines is 2. The molecule has 1 aliphatic heterocycles. The van der Waals surface area contributed by atoms with Gasteiger partial charge in [0.15, 0.2) is 11.6 Å². The molecule has 182 valence electrons. The van der Waals surface area contributed by atoms with E-state index < -0.39 is 17.8 Å². The Labute approximate surface area is 199 Å². The summed E-state index contributed by atoms with van der Waals surface area (Å²) in [6.45, 7) is 6.58. The number of nitrogens with one attached hydrogen (secondary N) is 1. The van der Waals surface area contributed by atoms with Gasteiger partial charge in [-0.2, -0.15) is 9.65 Å². The molecule has 10 heteroatoms. The minimum atomic E-state index is -0.654. The number of carbonyl (C=O) groups excluding carboxylic acids is 1. The largest absolute Gasteiger partial charge is 0.391 e. The van der Waals surface area contributed by atoms with Gasteiger partial charge in [0.2, 0.25) is 11.7 Å². The average molecular weight is 470 g/mol. The molecule has 2 atom stereocenters. The van der Waals surface area contributed by atoms with Crippen LogP contribution in [-0.4, -0.2) is 64.7 Å². The topological polar surface area (TPSA) is 131 Å². The van der Waals surface area contributed by atoms with Crippen molar-refractivity contribution in [3.05, 3.63) is 47.5 Å². The predicted molar refractivity (Wildman–Crippen MR) is 127 cm³/mol. The zero-order valence-corrected chi connectivity index (χ0v) is 19.6. The summed E-state index contributed by atoms with van der Waals surface area (Å²) in [6, 6.07) is 9.30. The Morgan fingerprint density at radius 3 is 2.74 bits per heavy atom. The number of aliphatic hydroxyl groups is 1. The van der Waals surface area contributed by atoms with Gasteiger partial charge in [0.25, 0.3) is 0 Å². The number of primary amides is 1. The summed E-state index contributed by atoms with van der Waals surface area (Å²) in [4.78, 5) is 23.1. The summed E-state index contributed by atoms with van der Waals surface area (Å²) in [5.41, 5.74) is 6.75. The molecule has 1 aromatic carbocycles. The van der Waals surface area contributed by atoms with Gasteiger partial charge in [-0.3, -0.25) is 9.69 Å². The molecular weight excluding hydrogens is 437 g/mol. The van der Waals surface area contributed by atoms with Gasteiger partial charge in [0.05, 0.1) is 24.3 Å². The highest BCUT2D eigenvalue weighted by molar-refractivity contribution is 5.75. The summed E-state index contributed by atoms with van der Waals surface area (Å²) in [7, 11) is 0. The number of hydrogen-bond acceptors (Lipinski definition) is 8. The molecule has 4 N–H and O–H groups in total. The van der Waals surface area contributed by atoms with Crippen LogP contribution in [0, 0.1) is 29.0 Å². The monoisotopic (exact) mass is 469 g/mol. The highest BCUT2D eigenvalue weighted by Gasteiger charge is 2.29. The number of piperidine rings is 1. The lowest BCUT2D eigenvalue weighted by Gasteiger charge is -2.35. The Bertz CT molecular complexity index is 1010. The number of amides is 1. The van der Waals surface area contributed by atoms with E-state index in [9.17, 15) is 9.90 Å². The second-order valence-corrected chi connectivity index (χ2v) is 9.14. The van der Waals surface area contributed by atoms with Crippen LogP contribution < -0.4 is 16.0 Å². The zero-order chi connectivity index (χ0) is 24.7. The number of carbonyl (C=O) groups is 1. The molecule has 9 nitrogen and oxygen atoms in total. The van der Waals surface area contributed by atoms with Crippen molar-refractivity contribution in [1.82, 2.24) is 14.9 Å². The van der Waals surface area contributed by atoms with Crippen LogP contribution in [0.3, 0.4) is 0 Å². The number of aliphatic hydroxyl groups excluding tert-OH is 1. The van der Waals surface area contributed by atoms with Gasteiger partial charge < -0.3 is 21.1 Å². The summed E-state index contributed by atoms with van der Waals surface area (Å²) in [5.74, 6) is -0.515. The lowest BCUT2D eigenvalue weighted by molar-refractivity contribution is -0.120. The molecule has 2 unspecified atom stereocenters. The van der Waals surface area contributed by atoms with Crippen LogP contribution in [0.25, 0.3) is 0 Å². The van der Waals surface area contributed by atoms with Crippen molar-refractivity contribution in [2.24, 2.45) is 17.6 Å². The first-order valence-electron chi connectivity index (χ1n) is 11.4. The molecule has 1 amide bonds. The van der Waals surface area contributed by atoms with Crippen LogP contribution >= 0.6 is 0 Å². The normalized spacial score (nSPS) is 18.5. The molecule has 0 bridgehead atoms. The number of likely N-dealkylation sites (tertiary alicyclic amines) is 1. The Morgan fingerprint density at radius 2 is 2.12 bits per heavy atom. The van der Waals surface area contributed by atoms with E-state index in [0.29, 0.717) is 44.7 Å². The Hall–Kier alpha value is -3.29. The molecule has 2 heterocycles. The number of benzene rings is 1. The molecule has 2 aromatic rings. The molecule has 1 aliphatic rings. The van der Waals surface area contributed by atoms with Crippen molar-refractivity contribution in [3.8, 4) is 6.07 Å². The molecule has 1 aromatic heterocycles. The van der Waals surface area contributed by atoms with Gasteiger partial charge in [0.1, 0.15) is 6.33 Å². The van der Waals surface area contributed by atoms with Crippen LogP contribution in [0.15, 0.2) is 30.6 Å². The summed E-state index contributed by atoms with van der Waals surface area (Å²) >= 11 is 0. The third kappa shape index (κ3) is 6.85. The molecule has 0 saturated carbocycles. The van der Waals surface area contributed by atoms with E-state index in [-0.39, 0.29) is 30.0 Å². The highest BCUT2D eigenvalue weighted by Crippen LogP contribution is 2.25. The number of halogens is 1. The SMILES string of the molecule is CC(C)CN(Cc1ccc(C#N)cc1)c1ncnc(NCC2CCN(CC(N)=O)CC2O)c1F. The van der Waals surface area contributed by atoms with Crippen LogP contribution in [0.2, 0.25) is 0 Å². The minimum absolute atomic E-state index is 0.0883. The number of hydrogen-bond donors (Lipinski definition) is 3. The number of nitrogens with two attached hydrogens (primary N) is 1. The molecule has 0 radical (unpaired) electrons. The van der Waals surface area contributed by atoms with Gasteiger partial charge in [-0.15, -0.1) is 0 Å². The van der Waals surface area contributed by atoms with E-state index in [1.54, 1.807) is 12.1 Å². The number of rotatable bonds is 10. The van der Waals surface area contributed by atoms with Gasteiger partial charge in [-0.05, 0) is 36.6 Å². The fourth-order valence-electron chi connectivity index (χ4n) is 4.15. The van der Waals surface area contributed by atoms with Crippen molar-refractivity contribution in [2.75, 3.05) is 42.9 Å². The zero-order valence-electron chi connectivity index (χ0n) is 19.6. The maximum atomic E-state index is 15.5. The number of β-amino-alcohol motifs (C(OH)–C–C–N with tert-alkyl or cyclic N) is 1. The predicted octanol–water partition coefficient (Wildman–Crippen LogP) is 1.73. The molecule has 0 aliphatic carbocycles. The highest BCUT2D eigenvalue weighted by atomic mass is 19.1. The quantitative estimate of drug-likeness (QED) is 0.479. The van der Waals surface area contributed by atoms with E-state index in [0.717, 1.165) is 5.56 Å². The summed E-state index contributed by atoms with van der Waals surface area (Å²) < 4.78 is 15.5. The maximum absolute atomic E-state index is 15.5. The fraction of sp³-hybridized carbons (Fsp3) is 0.500. The maximum Gasteiger partial charge on any atom is 0.231 e. The molecule has 3 rings (SSSR count). The van der Waals surface area contributed by atoms with E-state index in [1.165, 1.54) is 6.33 Å². The third-order valence-electron chi connectivity index (χ3n) is 5.83. The van der Waals surface area contributed by atoms with Gasteiger partial charge >= 0.3 is 0 Å². The summed E-state index contributed by atoms with van der Waals surface area (Å²) in [5, 5.41) is 22.5. The molecule has 34 heavy (non-hydrogen) atoms. The summed E-state index contributed by atoms with van der Waals surface area (Å²) in [6.07, 6.45) is 1.33. The first-order valence-corrected chi connectivity index (χ1v) is 11.4. The molecule has 0 spiro atoms. The Balaban J connectivity index is 1.70. The van der Waals surface area contributed by atoms with Crippen molar-refractivity contribution in [3.63, 3.8) is 0 Å². The van der Waals surface area contributed by atoms with Crippen LogP contribution in [0.4, 0.5) is 16.0 Å². The van der Waals surface area contributed by atoms with Crippen LogP contribution in [0.1, 0.15) is 31.4 Å². The molecule has 1 fully saturated rings. The van der Waals surface area contributed by atoms with Crippen LogP contribution in [-0.2, 0) is 11.3 Å². The van der Waals surface area contributed by atoms with Crippen molar-refractivity contribution >= 4 is 17.5 Å². The van der Waals surface area contributed by atoms with E-state index >= 15 is 4.39 Å². The average Bonchev–Trinajstić information content (AvgIpc) is 2.79. The first-order chi connectivity index (χ1) is 16.3. The number of nitrogens with zero attached hydrogens (tertiary/aromatic N) is 5. The lowest BCUT2D eigenvalue weighted by atomic mass is 9.93. The Kier molecular flexibility index (Phi) is 8.73.